The number of piperidine rings is 1. The number of nitrogens with one attached hydrogen (secondary N) is 1. The quantitative estimate of drug-likeness (QED) is 0.647. The predicted octanol–water partition coefficient (Wildman–Crippen LogP) is 4.39. The van der Waals surface area contributed by atoms with Gasteiger partial charge in [-0.05, 0) is 56.6 Å². The normalized spacial score (nSPS) is 17.1. The second kappa shape index (κ2) is 10.7. The maximum Gasteiger partial charge on any atom is 0.118 e. The maximum absolute atomic E-state index is 5.30. The molecule has 23 heavy (non-hydrogen) atoms. The Morgan fingerprint density at radius 3 is 2.43 bits per heavy atom. The van der Waals surface area contributed by atoms with Crippen LogP contribution in [-0.4, -0.2) is 38.2 Å². The molecule has 0 spiro atoms. The number of nitrogens with zero attached hydrogens (tertiary/aromatic N) is 1. The SMILES string of the molecule is CCCCCCNCC(c1ccc(OC)cc1)N1CCCCC1. The molecule has 1 saturated heterocycles. The van der Waals surface area contributed by atoms with E-state index in [1.165, 1.54) is 63.6 Å². The number of likely N-dealkylation sites (tertiary alicyclic amines) is 1. The second-order valence-electron chi connectivity index (χ2n) is 6.65. The van der Waals surface area contributed by atoms with Crippen molar-refractivity contribution >= 4 is 0 Å². The zero-order valence-electron chi connectivity index (χ0n) is 15.0. The molecule has 1 N–H and O–H groups in total. The Bertz CT molecular complexity index is 412. The molecule has 1 aromatic rings. The van der Waals surface area contributed by atoms with E-state index in [0.717, 1.165) is 18.8 Å². The lowest BCUT2D eigenvalue weighted by molar-refractivity contribution is 0.160. The molecular weight excluding hydrogens is 284 g/mol. The van der Waals surface area contributed by atoms with Gasteiger partial charge in [0.05, 0.1) is 7.11 Å². The van der Waals surface area contributed by atoms with Crippen LogP contribution >= 0.6 is 0 Å². The summed E-state index contributed by atoms with van der Waals surface area (Å²) in [6.45, 7) is 6.92. The number of hydrogen-bond acceptors (Lipinski definition) is 3. The van der Waals surface area contributed by atoms with E-state index in [1.54, 1.807) is 7.11 Å². The molecule has 1 unspecified atom stereocenters. The molecule has 3 heteroatoms. The molecule has 0 bridgehead atoms. The van der Waals surface area contributed by atoms with Crippen LogP contribution in [-0.2, 0) is 0 Å². The van der Waals surface area contributed by atoms with Gasteiger partial charge in [0.15, 0.2) is 0 Å². The number of methoxy groups -OCH3 is 1. The molecular formula is C20H34N2O. The molecule has 1 aliphatic rings. The van der Waals surface area contributed by atoms with Crippen LogP contribution < -0.4 is 10.1 Å². The lowest BCUT2D eigenvalue weighted by Crippen LogP contribution is -2.39. The van der Waals surface area contributed by atoms with Gasteiger partial charge in [-0.2, -0.15) is 0 Å². The first-order valence-corrected chi connectivity index (χ1v) is 9.44. The van der Waals surface area contributed by atoms with Gasteiger partial charge < -0.3 is 10.1 Å². The summed E-state index contributed by atoms with van der Waals surface area (Å²) in [5.74, 6) is 0.943. The van der Waals surface area contributed by atoms with Crippen molar-refractivity contribution in [1.82, 2.24) is 10.2 Å². The van der Waals surface area contributed by atoms with E-state index in [1.807, 2.05) is 0 Å². The lowest BCUT2D eigenvalue weighted by atomic mass is 10.0. The van der Waals surface area contributed by atoms with Gasteiger partial charge in [-0.15, -0.1) is 0 Å². The number of unbranched alkanes of at least 4 members (excludes halogenated alkanes) is 3. The van der Waals surface area contributed by atoms with Crippen LogP contribution in [0.15, 0.2) is 24.3 Å². The number of hydrogen-bond donors (Lipinski definition) is 1. The third kappa shape index (κ3) is 6.15. The van der Waals surface area contributed by atoms with Crippen LogP contribution in [0.3, 0.4) is 0 Å². The van der Waals surface area contributed by atoms with Crippen LogP contribution in [0.5, 0.6) is 5.75 Å². The van der Waals surface area contributed by atoms with E-state index < -0.39 is 0 Å². The zero-order chi connectivity index (χ0) is 16.3. The fourth-order valence-corrected chi connectivity index (χ4v) is 3.43. The van der Waals surface area contributed by atoms with Gasteiger partial charge in [-0.1, -0.05) is 44.7 Å². The first-order valence-electron chi connectivity index (χ1n) is 9.44. The Hall–Kier alpha value is -1.06. The minimum absolute atomic E-state index is 0.493. The fourth-order valence-electron chi connectivity index (χ4n) is 3.43. The number of rotatable bonds is 10. The van der Waals surface area contributed by atoms with Crippen LogP contribution in [0.2, 0.25) is 0 Å². The summed E-state index contributed by atoms with van der Waals surface area (Å²) in [5.41, 5.74) is 1.41. The highest BCUT2D eigenvalue weighted by atomic mass is 16.5. The van der Waals surface area contributed by atoms with Gasteiger partial charge in [0, 0.05) is 12.6 Å². The summed E-state index contributed by atoms with van der Waals surface area (Å²) in [7, 11) is 1.73. The molecule has 0 amide bonds. The van der Waals surface area contributed by atoms with Crippen molar-refractivity contribution in [3.8, 4) is 5.75 Å². The third-order valence-electron chi connectivity index (χ3n) is 4.88. The van der Waals surface area contributed by atoms with E-state index in [-0.39, 0.29) is 0 Å². The van der Waals surface area contributed by atoms with Gasteiger partial charge >= 0.3 is 0 Å². The van der Waals surface area contributed by atoms with E-state index in [0.29, 0.717) is 6.04 Å². The number of benzene rings is 1. The van der Waals surface area contributed by atoms with Crippen molar-refractivity contribution in [3.63, 3.8) is 0 Å². The van der Waals surface area contributed by atoms with Crippen LogP contribution in [0, 0.1) is 0 Å². The van der Waals surface area contributed by atoms with Crippen LogP contribution in [0.1, 0.15) is 63.5 Å². The van der Waals surface area contributed by atoms with E-state index in [2.05, 4.69) is 41.4 Å². The number of ether oxygens (including phenoxy) is 1. The summed E-state index contributed by atoms with van der Waals surface area (Å²) >= 11 is 0. The van der Waals surface area contributed by atoms with Crippen molar-refractivity contribution in [2.24, 2.45) is 0 Å². The summed E-state index contributed by atoms with van der Waals surface area (Å²) in [5, 5.41) is 3.70. The summed E-state index contributed by atoms with van der Waals surface area (Å²) < 4.78 is 5.30. The summed E-state index contributed by atoms with van der Waals surface area (Å²) in [6, 6.07) is 9.14. The topological polar surface area (TPSA) is 24.5 Å². The smallest absolute Gasteiger partial charge is 0.118 e. The molecule has 1 aromatic carbocycles. The lowest BCUT2D eigenvalue weighted by Gasteiger charge is -2.35. The highest BCUT2D eigenvalue weighted by Crippen LogP contribution is 2.25. The molecule has 3 nitrogen and oxygen atoms in total. The van der Waals surface area contributed by atoms with E-state index in [9.17, 15) is 0 Å². The Morgan fingerprint density at radius 2 is 1.78 bits per heavy atom. The average molecular weight is 319 g/mol. The largest absolute Gasteiger partial charge is 0.497 e. The second-order valence-corrected chi connectivity index (χ2v) is 6.65. The van der Waals surface area contributed by atoms with Crippen LogP contribution in [0.4, 0.5) is 0 Å². The molecule has 1 atom stereocenters. The highest BCUT2D eigenvalue weighted by Gasteiger charge is 2.21. The highest BCUT2D eigenvalue weighted by molar-refractivity contribution is 5.29. The monoisotopic (exact) mass is 318 g/mol. The molecule has 0 saturated carbocycles. The standard InChI is InChI=1S/C20H34N2O/c1-3-4-5-7-14-21-17-20(22-15-8-6-9-16-22)18-10-12-19(23-2)13-11-18/h10-13,20-21H,3-9,14-17H2,1-2H3. The molecule has 130 valence electrons. The van der Waals surface area contributed by atoms with Crippen molar-refractivity contribution in [2.75, 3.05) is 33.3 Å². The molecule has 1 aliphatic heterocycles. The molecule has 0 radical (unpaired) electrons. The van der Waals surface area contributed by atoms with Gasteiger partial charge in [-0.3, -0.25) is 4.90 Å². The van der Waals surface area contributed by atoms with Gasteiger partial charge in [0.2, 0.25) is 0 Å². The van der Waals surface area contributed by atoms with E-state index in [4.69, 9.17) is 4.74 Å². The third-order valence-corrected chi connectivity index (χ3v) is 4.88. The molecule has 2 rings (SSSR count). The van der Waals surface area contributed by atoms with Gasteiger partial charge in [-0.25, -0.2) is 0 Å². The first-order chi connectivity index (χ1) is 11.3. The first kappa shape index (κ1) is 18.3. The van der Waals surface area contributed by atoms with Gasteiger partial charge in [0.25, 0.3) is 0 Å². The molecule has 0 aromatic heterocycles. The summed E-state index contributed by atoms with van der Waals surface area (Å²) in [6.07, 6.45) is 9.37. The van der Waals surface area contributed by atoms with Gasteiger partial charge in [0.1, 0.15) is 5.75 Å². The summed E-state index contributed by atoms with van der Waals surface area (Å²) in [4.78, 5) is 2.66. The Labute approximate surface area is 142 Å². The average Bonchev–Trinajstić information content (AvgIpc) is 2.62. The Morgan fingerprint density at radius 1 is 1.04 bits per heavy atom. The van der Waals surface area contributed by atoms with Crippen molar-refractivity contribution in [1.29, 1.82) is 0 Å². The van der Waals surface area contributed by atoms with Crippen molar-refractivity contribution in [3.05, 3.63) is 29.8 Å². The van der Waals surface area contributed by atoms with E-state index >= 15 is 0 Å². The zero-order valence-corrected chi connectivity index (χ0v) is 15.0. The molecule has 1 fully saturated rings. The minimum atomic E-state index is 0.493. The molecule has 0 aliphatic carbocycles. The Kier molecular flexibility index (Phi) is 8.48. The minimum Gasteiger partial charge on any atom is -0.497 e. The molecule has 1 heterocycles. The predicted molar refractivity (Wildman–Crippen MR) is 98.2 cm³/mol. The van der Waals surface area contributed by atoms with Crippen molar-refractivity contribution in [2.45, 2.75) is 57.9 Å². The fraction of sp³-hybridized carbons (Fsp3) is 0.700. The Balaban J connectivity index is 1.90. The van der Waals surface area contributed by atoms with Crippen LogP contribution in [0.25, 0.3) is 0 Å². The van der Waals surface area contributed by atoms with Crippen molar-refractivity contribution < 1.29 is 4.74 Å². The maximum atomic E-state index is 5.30.